The molecule has 0 bridgehead atoms. The molecule has 0 aromatic heterocycles. The summed E-state index contributed by atoms with van der Waals surface area (Å²) in [4.78, 5) is 0. The van der Waals surface area contributed by atoms with Gasteiger partial charge in [0.15, 0.2) is 0 Å². The molecule has 0 aliphatic rings. The summed E-state index contributed by atoms with van der Waals surface area (Å²) in [6.07, 6.45) is 0.665. The molecule has 20 heavy (non-hydrogen) atoms. The van der Waals surface area contributed by atoms with E-state index in [2.05, 4.69) is 19.2 Å². The van der Waals surface area contributed by atoms with Crippen molar-refractivity contribution in [1.82, 2.24) is 5.32 Å². The molecule has 0 heterocycles. The molecule has 0 aliphatic carbocycles. The molecule has 4 nitrogen and oxygen atoms in total. The molecule has 0 radical (unpaired) electrons. The van der Waals surface area contributed by atoms with Crippen molar-refractivity contribution >= 4 is 0 Å². The molecule has 2 atom stereocenters. The molecule has 1 aromatic rings. The molecule has 0 saturated heterocycles. The zero-order valence-electron chi connectivity index (χ0n) is 12.9. The fourth-order valence-electron chi connectivity index (χ4n) is 2.49. The van der Waals surface area contributed by atoms with Gasteiger partial charge >= 0.3 is 0 Å². The highest BCUT2D eigenvalue weighted by molar-refractivity contribution is 5.28. The number of hydrogen-bond donors (Lipinski definition) is 3. The number of aliphatic hydroxyl groups excluding tert-OH is 2. The molecule has 3 N–H and O–H groups in total. The maximum Gasteiger partial charge on any atom is 0.120 e. The zero-order valence-corrected chi connectivity index (χ0v) is 12.9. The van der Waals surface area contributed by atoms with E-state index in [-0.39, 0.29) is 24.9 Å². The van der Waals surface area contributed by atoms with E-state index in [9.17, 15) is 5.11 Å². The lowest BCUT2D eigenvalue weighted by Crippen LogP contribution is -2.51. The quantitative estimate of drug-likeness (QED) is 0.683. The van der Waals surface area contributed by atoms with E-state index in [0.717, 1.165) is 11.3 Å². The monoisotopic (exact) mass is 281 g/mol. The van der Waals surface area contributed by atoms with Crippen molar-refractivity contribution in [1.29, 1.82) is 0 Å². The number of benzene rings is 1. The minimum atomic E-state index is -0.359. The number of ether oxygens (including phenoxy) is 1. The van der Waals surface area contributed by atoms with Gasteiger partial charge in [-0.15, -0.1) is 0 Å². The topological polar surface area (TPSA) is 61.7 Å². The minimum Gasteiger partial charge on any atom is -0.491 e. The van der Waals surface area contributed by atoms with E-state index in [1.807, 2.05) is 38.1 Å². The first-order valence-corrected chi connectivity index (χ1v) is 7.13. The Morgan fingerprint density at radius 2 is 1.95 bits per heavy atom. The van der Waals surface area contributed by atoms with Crippen molar-refractivity contribution in [2.75, 3.05) is 6.61 Å². The first kappa shape index (κ1) is 17.0. The second kappa shape index (κ2) is 7.62. The van der Waals surface area contributed by atoms with E-state index < -0.39 is 0 Å². The molecule has 0 amide bonds. The molecule has 1 aromatic carbocycles. The summed E-state index contributed by atoms with van der Waals surface area (Å²) in [6.45, 7) is 8.18. The van der Waals surface area contributed by atoms with Gasteiger partial charge < -0.3 is 20.3 Å². The highest BCUT2D eigenvalue weighted by atomic mass is 16.5. The van der Waals surface area contributed by atoms with Crippen molar-refractivity contribution in [2.24, 2.45) is 0 Å². The fourth-order valence-corrected chi connectivity index (χ4v) is 2.49. The summed E-state index contributed by atoms with van der Waals surface area (Å²) in [5, 5.41) is 22.1. The number of aliphatic hydroxyl groups is 2. The Balaban J connectivity index is 2.63. The fraction of sp³-hybridized carbons (Fsp3) is 0.625. The SMILES string of the molecule is CC(C)NC(C)(CO)CC(C)Oc1cccc(CO)c1. The van der Waals surface area contributed by atoms with Crippen LogP contribution in [0.15, 0.2) is 24.3 Å². The van der Waals surface area contributed by atoms with Gasteiger partial charge in [0.1, 0.15) is 5.75 Å². The summed E-state index contributed by atoms with van der Waals surface area (Å²) in [7, 11) is 0. The summed E-state index contributed by atoms with van der Waals surface area (Å²) in [6, 6.07) is 7.74. The normalized spacial score (nSPS) is 15.9. The number of nitrogens with one attached hydrogen (secondary N) is 1. The lowest BCUT2D eigenvalue weighted by molar-refractivity contribution is 0.104. The predicted molar refractivity (Wildman–Crippen MR) is 80.8 cm³/mol. The van der Waals surface area contributed by atoms with Gasteiger partial charge in [-0.1, -0.05) is 26.0 Å². The van der Waals surface area contributed by atoms with Crippen LogP contribution in [0.4, 0.5) is 0 Å². The van der Waals surface area contributed by atoms with Gasteiger partial charge in [0.05, 0.1) is 19.3 Å². The van der Waals surface area contributed by atoms with Gasteiger partial charge in [0.2, 0.25) is 0 Å². The highest BCUT2D eigenvalue weighted by Crippen LogP contribution is 2.20. The third-order valence-electron chi connectivity index (χ3n) is 3.14. The molecular weight excluding hydrogens is 254 g/mol. The zero-order chi connectivity index (χ0) is 15.2. The van der Waals surface area contributed by atoms with E-state index in [4.69, 9.17) is 9.84 Å². The van der Waals surface area contributed by atoms with Crippen molar-refractivity contribution in [3.63, 3.8) is 0 Å². The van der Waals surface area contributed by atoms with Gasteiger partial charge in [0.25, 0.3) is 0 Å². The molecule has 0 fully saturated rings. The largest absolute Gasteiger partial charge is 0.491 e. The summed E-state index contributed by atoms with van der Waals surface area (Å²) < 4.78 is 5.87. The van der Waals surface area contributed by atoms with Crippen LogP contribution in [0.3, 0.4) is 0 Å². The van der Waals surface area contributed by atoms with Gasteiger partial charge in [-0.3, -0.25) is 0 Å². The maximum atomic E-state index is 9.58. The average molecular weight is 281 g/mol. The standard InChI is InChI=1S/C16H27NO3/c1-12(2)17-16(4,11-19)9-13(3)20-15-7-5-6-14(8-15)10-18/h5-8,12-13,17-19H,9-11H2,1-4H3. The average Bonchev–Trinajstić information content (AvgIpc) is 2.37. The van der Waals surface area contributed by atoms with Crippen LogP contribution in [0.2, 0.25) is 0 Å². The summed E-state index contributed by atoms with van der Waals surface area (Å²) >= 11 is 0. The first-order chi connectivity index (χ1) is 9.38. The van der Waals surface area contributed by atoms with Crippen LogP contribution >= 0.6 is 0 Å². The van der Waals surface area contributed by atoms with E-state index >= 15 is 0 Å². The van der Waals surface area contributed by atoms with Crippen LogP contribution in [0.25, 0.3) is 0 Å². The first-order valence-electron chi connectivity index (χ1n) is 7.13. The van der Waals surface area contributed by atoms with Crippen LogP contribution in [0, 0.1) is 0 Å². The Morgan fingerprint density at radius 3 is 2.50 bits per heavy atom. The minimum absolute atomic E-state index is 0.00877. The molecule has 4 heteroatoms. The van der Waals surface area contributed by atoms with Gasteiger partial charge in [0, 0.05) is 18.0 Å². The van der Waals surface area contributed by atoms with Crippen molar-refractivity contribution in [3.05, 3.63) is 29.8 Å². The van der Waals surface area contributed by atoms with Crippen molar-refractivity contribution in [2.45, 2.75) is 58.4 Å². The van der Waals surface area contributed by atoms with Crippen LogP contribution in [-0.2, 0) is 6.61 Å². The maximum absolute atomic E-state index is 9.58. The Morgan fingerprint density at radius 1 is 1.25 bits per heavy atom. The van der Waals surface area contributed by atoms with E-state index in [1.165, 1.54) is 0 Å². The predicted octanol–water partition coefficient (Wildman–Crippen LogP) is 2.09. The second-order valence-electron chi connectivity index (χ2n) is 5.96. The van der Waals surface area contributed by atoms with Gasteiger partial charge in [-0.05, 0) is 31.5 Å². The molecular formula is C16H27NO3. The highest BCUT2D eigenvalue weighted by Gasteiger charge is 2.27. The molecule has 0 spiro atoms. The van der Waals surface area contributed by atoms with Crippen LogP contribution in [0.1, 0.15) is 39.7 Å². The van der Waals surface area contributed by atoms with Crippen molar-refractivity contribution < 1.29 is 14.9 Å². The lowest BCUT2D eigenvalue weighted by atomic mass is 9.94. The molecule has 2 unspecified atom stereocenters. The summed E-state index contributed by atoms with van der Waals surface area (Å²) in [5.74, 6) is 0.744. The number of rotatable bonds is 8. The number of hydrogen-bond acceptors (Lipinski definition) is 4. The third kappa shape index (κ3) is 5.49. The van der Waals surface area contributed by atoms with Crippen LogP contribution in [-0.4, -0.2) is 34.5 Å². The van der Waals surface area contributed by atoms with Gasteiger partial charge in [-0.2, -0.15) is 0 Å². The Bertz CT molecular complexity index is 408. The second-order valence-corrected chi connectivity index (χ2v) is 5.96. The Kier molecular flexibility index (Phi) is 6.46. The molecule has 114 valence electrons. The van der Waals surface area contributed by atoms with E-state index in [1.54, 1.807) is 0 Å². The molecule has 0 aliphatic heterocycles. The Hall–Kier alpha value is -1.10. The third-order valence-corrected chi connectivity index (χ3v) is 3.14. The Labute approximate surface area is 121 Å². The smallest absolute Gasteiger partial charge is 0.120 e. The van der Waals surface area contributed by atoms with Crippen LogP contribution < -0.4 is 10.1 Å². The molecule has 0 saturated carbocycles. The molecule has 1 rings (SSSR count). The van der Waals surface area contributed by atoms with Crippen LogP contribution in [0.5, 0.6) is 5.75 Å². The van der Waals surface area contributed by atoms with Crippen molar-refractivity contribution in [3.8, 4) is 5.75 Å². The van der Waals surface area contributed by atoms with E-state index in [0.29, 0.717) is 12.5 Å². The summed E-state index contributed by atoms with van der Waals surface area (Å²) in [5.41, 5.74) is 0.474. The lowest BCUT2D eigenvalue weighted by Gasteiger charge is -2.33. The van der Waals surface area contributed by atoms with Gasteiger partial charge in [-0.25, -0.2) is 0 Å².